The summed E-state index contributed by atoms with van der Waals surface area (Å²) in [4.78, 5) is 15.1. The van der Waals surface area contributed by atoms with Gasteiger partial charge in [-0.2, -0.15) is 0 Å². The highest BCUT2D eigenvalue weighted by Crippen LogP contribution is 2.06. The van der Waals surface area contributed by atoms with Gasteiger partial charge in [-0.3, -0.25) is 4.98 Å². The van der Waals surface area contributed by atoms with Gasteiger partial charge in [0, 0.05) is 25.5 Å². The molecule has 4 nitrogen and oxygen atoms in total. The van der Waals surface area contributed by atoms with E-state index in [1.165, 1.54) is 0 Å². The fourth-order valence-corrected chi connectivity index (χ4v) is 1.17. The molecule has 1 aromatic rings. The Morgan fingerprint density at radius 3 is 2.79 bits per heavy atom. The lowest BCUT2D eigenvalue weighted by atomic mass is 10.1. The summed E-state index contributed by atoms with van der Waals surface area (Å²) in [6.07, 6.45) is 1.79. The third kappa shape index (κ3) is 2.73. The molecule has 1 aromatic heterocycles. The number of urea groups is 1. The van der Waals surface area contributed by atoms with Gasteiger partial charge in [-0.25, -0.2) is 4.79 Å². The van der Waals surface area contributed by atoms with Crippen LogP contribution in [0.1, 0.15) is 16.8 Å². The lowest BCUT2D eigenvalue weighted by Gasteiger charge is -2.07. The van der Waals surface area contributed by atoms with E-state index in [9.17, 15) is 4.79 Å². The Morgan fingerprint density at radius 1 is 1.50 bits per heavy atom. The molecule has 4 heteroatoms. The quantitative estimate of drug-likeness (QED) is 0.739. The van der Waals surface area contributed by atoms with Gasteiger partial charge in [0.1, 0.15) is 0 Å². The molecule has 0 radical (unpaired) electrons. The van der Waals surface area contributed by atoms with Crippen molar-refractivity contribution in [3.63, 3.8) is 0 Å². The number of carbonyl (C=O) groups is 1. The smallest absolute Gasteiger partial charge is 0.314 e. The number of pyridine rings is 1. The van der Waals surface area contributed by atoms with Crippen molar-refractivity contribution in [2.45, 2.75) is 20.4 Å². The molecule has 76 valence electrons. The van der Waals surface area contributed by atoms with Crippen LogP contribution in [-0.4, -0.2) is 18.1 Å². The van der Waals surface area contributed by atoms with Crippen LogP contribution in [-0.2, 0) is 6.54 Å². The van der Waals surface area contributed by atoms with Crippen molar-refractivity contribution < 1.29 is 4.79 Å². The SMILES string of the molecule is CNC(=O)NCc1cnc(C)cc1C. The molecule has 0 spiro atoms. The first-order valence-electron chi connectivity index (χ1n) is 4.51. The number of hydrogen-bond acceptors (Lipinski definition) is 2. The van der Waals surface area contributed by atoms with Crippen LogP contribution < -0.4 is 10.6 Å². The van der Waals surface area contributed by atoms with Gasteiger partial charge in [0.15, 0.2) is 0 Å². The van der Waals surface area contributed by atoms with Gasteiger partial charge in [0.05, 0.1) is 0 Å². The number of aromatic nitrogens is 1. The Hall–Kier alpha value is -1.58. The molecule has 1 rings (SSSR count). The molecule has 0 aliphatic rings. The largest absolute Gasteiger partial charge is 0.341 e. The van der Waals surface area contributed by atoms with Crippen LogP contribution in [0.2, 0.25) is 0 Å². The Morgan fingerprint density at radius 2 is 2.21 bits per heavy atom. The average molecular weight is 193 g/mol. The van der Waals surface area contributed by atoms with Crippen molar-refractivity contribution in [3.8, 4) is 0 Å². The second-order valence-electron chi connectivity index (χ2n) is 3.18. The molecule has 0 aromatic carbocycles. The molecule has 2 amide bonds. The van der Waals surface area contributed by atoms with E-state index >= 15 is 0 Å². The van der Waals surface area contributed by atoms with Crippen LogP contribution in [0.5, 0.6) is 0 Å². The summed E-state index contributed by atoms with van der Waals surface area (Å²) in [7, 11) is 1.59. The molecule has 0 unspecified atom stereocenters. The molecular formula is C10H15N3O. The minimum Gasteiger partial charge on any atom is -0.341 e. The van der Waals surface area contributed by atoms with Crippen LogP contribution in [0.15, 0.2) is 12.3 Å². The van der Waals surface area contributed by atoms with Crippen LogP contribution in [0.4, 0.5) is 4.79 Å². The van der Waals surface area contributed by atoms with Crippen LogP contribution in [0.25, 0.3) is 0 Å². The van der Waals surface area contributed by atoms with Crippen molar-refractivity contribution >= 4 is 6.03 Å². The van der Waals surface area contributed by atoms with Gasteiger partial charge >= 0.3 is 6.03 Å². The van der Waals surface area contributed by atoms with E-state index in [1.807, 2.05) is 19.9 Å². The third-order valence-electron chi connectivity index (χ3n) is 2.02. The van der Waals surface area contributed by atoms with E-state index in [-0.39, 0.29) is 6.03 Å². The molecule has 0 atom stereocenters. The summed E-state index contributed by atoms with van der Waals surface area (Å²) >= 11 is 0. The molecule has 0 aliphatic heterocycles. The van der Waals surface area contributed by atoms with E-state index in [0.29, 0.717) is 6.54 Å². The molecule has 2 N–H and O–H groups in total. The van der Waals surface area contributed by atoms with Gasteiger partial charge in [-0.1, -0.05) is 0 Å². The molecule has 14 heavy (non-hydrogen) atoms. The first-order chi connectivity index (χ1) is 6.63. The maximum Gasteiger partial charge on any atom is 0.314 e. The summed E-state index contributed by atoms with van der Waals surface area (Å²) in [6, 6.07) is 1.82. The first kappa shape index (κ1) is 10.5. The molecule has 0 fully saturated rings. The van der Waals surface area contributed by atoms with Crippen molar-refractivity contribution in [1.29, 1.82) is 0 Å². The minimum absolute atomic E-state index is 0.176. The van der Waals surface area contributed by atoms with Crippen molar-refractivity contribution in [3.05, 3.63) is 29.1 Å². The summed E-state index contributed by atoms with van der Waals surface area (Å²) in [5.74, 6) is 0. The number of rotatable bonds is 2. The Labute approximate surface area is 83.7 Å². The summed E-state index contributed by atoms with van der Waals surface area (Å²) in [6.45, 7) is 4.47. The zero-order chi connectivity index (χ0) is 10.6. The highest BCUT2D eigenvalue weighted by molar-refractivity contribution is 5.73. The molecule has 0 saturated heterocycles. The van der Waals surface area contributed by atoms with E-state index < -0.39 is 0 Å². The molecule has 1 heterocycles. The van der Waals surface area contributed by atoms with Crippen LogP contribution >= 0.6 is 0 Å². The number of aryl methyl sites for hydroxylation is 2. The van der Waals surface area contributed by atoms with Gasteiger partial charge in [-0.05, 0) is 31.0 Å². The summed E-state index contributed by atoms with van der Waals surface area (Å²) in [5, 5.41) is 5.21. The predicted molar refractivity (Wildman–Crippen MR) is 55.0 cm³/mol. The zero-order valence-electron chi connectivity index (χ0n) is 8.72. The van der Waals surface area contributed by atoms with E-state index in [1.54, 1.807) is 13.2 Å². The van der Waals surface area contributed by atoms with Crippen molar-refractivity contribution in [1.82, 2.24) is 15.6 Å². The van der Waals surface area contributed by atoms with Gasteiger partial charge in [0.25, 0.3) is 0 Å². The number of carbonyl (C=O) groups excluding carboxylic acids is 1. The fourth-order valence-electron chi connectivity index (χ4n) is 1.17. The van der Waals surface area contributed by atoms with Crippen molar-refractivity contribution in [2.75, 3.05) is 7.05 Å². The Kier molecular flexibility index (Phi) is 3.45. The zero-order valence-corrected chi connectivity index (χ0v) is 8.72. The Bertz CT molecular complexity index is 336. The van der Waals surface area contributed by atoms with Crippen LogP contribution in [0, 0.1) is 13.8 Å². The normalized spacial score (nSPS) is 9.64. The number of nitrogens with zero attached hydrogens (tertiary/aromatic N) is 1. The van der Waals surface area contributed by atoms with Gasteiger partial charge < -0.3 is 10.6 Å². The molecule has 0 saturated carbocycles. The number of amides is 2. The average Bonchev–Trinajstić information content (AvgIpc) is 2.16. The highest BCUT2D eigenvalue weighted by Gasteiger charge is 2.01. The second-order valence-corrected chi connectivity index (χ2v) is 3.18. The molecule has 0 bridgehead atoms. The van der Waals surface area contributed by atoms with Crippen molar-refractivity contribution in [2.24, 2.45) is 0 Å². The standard InChI is InChI=1S/C10H15N3O/c1-7-4-8(2)12-5-9(7)6-13-10(14)11-3/h4-5H,6H2,1-3H3,(H2,11,13,14). The lowest BCUT2D eigenvalue weighted by Crippen LogP contribution is -2.32. The minimum atomic E-state index is -0.176. The first-order valence-corrected chi connectivity index (χ1v) is 4.51. The van der Waals surface area contributed by atoms with E-state index in [2.05, 4.69) is 15.6 Å². The summed E-state index contributed by atoms with van der Waals surface area (Å²) in [5.41, 5.74) is 3.18. The van der Waals surface area contributed by atoms with Gasteiger partial charge in [-0.15, -0.1) is 0 Å². The second kappa shape index (κ2) is 4.60. The predicted octanol–water partition coefficient (Wildman–Crippen LogP) is 1.13. The lowest BCUT2D eigenvalue weighted by molar-refractivity contribution is 0.242. The highest BCUT2D eigenvalue weighted by atomic mass is 16.2. The topological polar surface area (TPSA) is 54.0 Å². The maximum absolute atomic E-state index is 10.9. The van der Waals surface area contributed by atoms with Crippen LogP contribution in [0.3, 0.4) is 0 Å². The maximum atomic E-state index is 10.9. The van der Waals surface area contributed by atoms with E-state index in [0.717, 1.165) is 16.8 Å². The molecular weight excluding hydrogens is 178 g/mol. The Balaban J connectivity index is 2.63. The third-order valence-corrected chi connectivity index (χ3v) is 2.02. The molecule has 0 aliphatic carbocycles. The van der Waals surface area contributed by atoms with Gasteiger partial charge in [0.2, 0.25) is 0 Å². The number of hydrogen-bond donors (Lipinski definition) is 2. The van der Waals surface area contributed by atoms with E-state index in [4.69, 9.17) is 0 Å². The summed E-state index contributed by atoms with van der Waals surface area (Å²) < 4.78 is 0. The monoisotopic (exact) mass is 193 g/mol. The number of nitrogens with one attached hydrogen (secondary N) is 2. The fraction of sp³-hybridized carbons (Fsp3) is 0.400.